The molecule has 0 radical (unpaired) electrons. The number of rotatable bonds is 10. The van der Waals surface area contributed by atoms with E-state index in [1.54, 1.807) is 50.5 Å². The molecular formula is C39H45N5O8. The highest BCUT2D eigenvalue weighted by atomic mass is 16.5. The Morgan fingerprint density at radius 3 is 2.40 bits per heavy atom. The van der Waals surface area contributed by atoms with Crippen molar-refractivity contribution < 1.29 is 37.8 Å². The van der Waals surface area contributed by atoms with Crippen molar-refractivity contribution >= 4 is 34.5 Å². The van der Waals surface area contributed by atoms with Gasteiger partial charge in [-0.05, 0) is 72.9 Å². The lowest BCUT2D eigenvalue weighted by Crippen LogP contribution is -2.66. The third-order valence-electron chi connectivity index (χ3n) is 11.1. The molecule has 5 heterocycles. The molecule has 0 aliphatic carbocycles. The number of piperidine rings is 1. The number of aromatic amines is 1. The van der Waals surface area contributed by atoms with Gasteiger partial charge in [-0.2, -0.15) is 0 Å². The quantitative estimate of drug-likeness (QED) is 0.250. The van der Waals surface area contributed by atoms with Crippen molar-refractivity contribution in [3.8, 4) is 17.2 Å². The highest BCUT2D eigenvalue weighted by Gasteiger charge is 2.59. The lowest BCUT2D eigenvalue weighted by molar-refractivity contribution is -0.167. The summed E-state index contributed by atoms with van der Waals surface area (Å²) in [6, 6.07) is 14.6. The van der Waals surface area contributed by atoms with Crippen LogP contribution in [0.2, 0.25) is 0 Å². The largest absolute Gasteiger partial charge is 0.497 e. The number of ether oxygens (including phenoxy) is 3. The van der Waals surface area contributed by atoms with E-state index < -0.39 is 17.4 Å². The van der Waals surface area contributed by atoms with E-state index in [1.165, 1.54) is 6.26 Å². The van der Waals surface area contributed by atoms with Crippen LogP contribution in [0.15, 0.2) is 59.2 Å². The molecule has 13 heteroatoms. The minimum Gasteiger partial charge on any atom is -0.497 e. The minimum atomic E-state index is -0.943. The molecule has 4 aromatic rings. The summed E-state index contributed by atoms with van der Waals surface area (Å²) in [6.07, 6.45) is 2.74. The first kappa shape index (κ1) is 35.0. The van der Waals surface area contributed by atoms with Crippen molar-refractivity contribution in [2.75, 3.05) is 54.1 Å². The number of piperazine rings is 1. The van der Waals surface area contributed by atoms with Gasteiger partial charge in [0.25, 0.3) is 5.91 Å². The van der Waals surface area contributed by atoms with Crippen LogP contribution in [0.1, 0.15) is 53.6 Å². The fraction of sp³-hybridized carbons (Fsp3) is 0.436. The van der Waals surface area contributed by atoms with Gasteiger partial charge in [0.2, 0.25) is 17.7 Å². The van der Waals surface area contributed by atoms with E-state index in [0.717, 1.165) is 33.5 Å². The third kappa shape index (κ3) is 6.01. The average molecular weight is 712 g/mol. The Morgan fingerprint density at radius 1 is 0.942 bits per heavy atom. The topological polar surface area (TPSA) is 147 Å². The number of nitrogens with one attached hydrogen (secondary N) is 2. The second-order valence-electron chi connectivity index (χ2n) is 13.7. The van der Waals surface area contributed by atoms with Gasteiger partial charge >= 0.3 is 0 Å². The van der Waals surface area contributed by atoms with Crippen molar-refractivity contribution in [2.45, 2.75) is 44.7 Å². The molecule has 52 heavy (non-hydrogen) atoms. The summed E-state index contributed by atoms with van der Waals surface area (Å²) in [5.74, 6) is 0.147. The SMILES string of the molecule is CC[C@]12c3[nH]c4ccc(OC)cc4c3CCN1C(=O)C(CC(=O)NCc1ccc(OC)c(OC)c1)C[C@@H]2C(=O)N1CCN(C(=O)c2ccco2)CC1. The van der Waals surface area contributed by atoms with Crippen LogP contribution < -0.4 is 19.5 Å². The first-order valence-electron chi connectivity index (χ1n) is 17.8. The number of H-pyrrole nitrogens is 1. The molecule has 0 bridgehead atoms. The zero-order valence-corrected chi connectivity index (χ0v) is 30.0. The number of benzene rings is 2. The van der Waals surface area contributed by atoms with Gasteiger partial charge in [0.05, 0.1) is 39.0 Å². The van der Waals surface area contributed by atoms with Crippen LogP contribution in [0.25, 0.3) is 10.9 Å². The summed E-state index contributed by atoms with van der Waals surface area (Å²) in [5.41, 5.74) is 2.75. The predicted molar refractivity (Wildman–Crippen MR) is 191 cm³/mol. The molecule has 0 saturated carbocycles. The number of hydrogen-bond acceptors (Lipinski definition) is 8. The number of furan rings is 1. The number of carbonyl (C=O) groups excluding carboxylic acids is 4. The Kier molecular flexibility index (Phi) is 9.60. The molecule has 2 saturated heterocycles. The van der Waals surface area contributed by atoms with Gasteiger partial charge < -0.3 is 43.6 Å². The lowest BCUT2D eigenvalue weighted by Gasteiger charge is -2.56. The zero-order valence-electron chi connectivity index (χ0n) is 30.0. The smallest absolute Gasteiger partial charge is 0.289 e. The predicted octanol–water partition coefficient (Wildman–Crippen LogP) is 4.10. The fourth-order valence-electron chi connectivity index (χ4n) is 8.49. The summed E-state index contributed by atoms with van der Waals surface area (Å²) in [5, 5.41) is 3.98. The van der Waals surface area contributed by atoms with Crippen LogP contribution in [0.3, 0.4) is 0 Å². The van der Waals surface area contributed by atoms with E-state index >= 15 is 0 Å². The van der Waals surface area contributed by atoms with Crippen LogP contribution >= 0.6 is 0 Å². The van der Waals surface area contributed by atoms with Crippen molar-refractivity contribution in [3.63, 3.8) is 0 Å². The molecule has 2 aromatic carbocycles. The molecule has 274 valence electrons. The molecule has 2 aromatic heterocycles. The maximum absolute atomic E-state index is 14.9. The zero-order chi connectivity index (χ0) is 36.6. The molecule has 0 spiro atoms. The monoisotopic (exact) mass is 711 g/mol. The maximum Gasteiger partial charge on any atom is 0.289 e. The number of methoxy groups -OCH3 is 3. The second kappa shape index (κ2) is 14.3. The Balaban J connectivity index is 1.17. The van der Waals surface area contributed by atoms with Crippen molar-refractivity contribution in [1.29, 1.82) is 0 Å². The molecule has 3 aliphatic heterocycles. The van der Waals surface area contributed by atoms with Crippen LogP contribution in [0, 0.1) is 11.8 Å². The fourth-order valence-corrected chi connectivity index (χ4v) is 8.49. The van der Waals surface area contributed by atoms with Crippen molar-refractivity contribution in [3.05, 3.63) is 77.4 Å². The summed E-state index contributed by atoms with van der Waals surface area (Å²) in [6.45, 7) is 4.11. The molecular weight excluding hydrogens is 666 g/mol. The van der Waals surface area contributed by atoms with Gasteiger partial charge in [0.15, 0.2) is 17.3 Å². The molecule has 3 atom stereocenters. The minimum absolute atomic E-state index is 0.0472. The van der Waals surface area contributed by atoms with E-state index in [2.05, 4.69) is 10.3 Å². The van der Waals surface area contributed by atoms with Crippen molar-refractivity contribution in [1.82, 2.24) is 25.0 Å². The van der Waals surface area contributed by atoms with Crippen LogP contribution in [0.5, 0.6) is 17.2 Å². The molecule has 3 aliphatic rings. The average Bonchev–Trinajstić information content (AvgIpc) is 3.86. The number of hydrogen-bond donors (Lipinski definition) is 2. The first-order valence-corrected chi connectivity index (χ1v) is 17.8. The van der Waals surface area contributed by atoms with Crippen LogP contribution in [-0.2, 0) is 32.9 Å². The van der Waals surface area contributed by atoms with Crippen LogP contribution in [0.4, 0.5) is 0 Å². The Morgan fingerprint density at radius 2 is 1.71 bits per heavy atom. The Bertz CT molecular complexity index is 1980. The van der Waals surface area contributed by atoms with Gasteiger partial charge in [0.1, 0.15) is 5.75 Å². The molecule has 4 amide bonds. The van der Waals surface area contributed by atoms with E-state index in [1.807, 2.05) is 41.0 Å². The molecule has 2 N–H and O–H groups in total. The van der Waals surface area contributed by atoms with Crippen molar-refractivity contribution in [2.24, 2.45) is 11.8 Å². The van der Waals surface area contributed by atoms with E-state index in [-0.39, 0.29) is 48.8 Å². The highest BCUT2D eigenvalue weighted by Crippen LogP contribution is 2.52. The van der Waals surface area contributed by atoms with Gasteiger partial charge in [-0.25, -0.2) is 0 Å². The Labute approximate surface area is 302 Å². The number of amides is 4. The standard InChI is InChI=1S/C39H45N5O8/c1-5-39-29(37(47)42-14-16-43(17-15-42)38(48)32-7-6-18-52-32)20-25(21-34(45)40-23-24-8-11-31(50-3)33(19-24)51-4)36(46)44(39)13-12-27-28-22-26(49-2)9-10-30(28)41-35(27)39/h6-11,18-19,22,25,29,41H,5,12-17,20-21,23H2,1-4H3,(H,40,45)/t25?,29-,39+/m1/s1. The van der Waals surface area contributed by atoms with Gasteiger partial charge in [-0.1, -0.05) is 13.0 Å². The van der Waals surface area contributed by atoms with E-state index in [0.29, 0.717) is 57.1 Å². The first-order chi connectivity index (χ1) is 25.2. The molecule has 7 rings (SSSR count). The Hall–Kier alpha value is -5.46. The second-order valence-corrected chi connectivity index (χ2v) is 13.7. The summed E-state index contributed by atoms with van der Waals surface area (Å²) in [4.78, 5) is 64.9. The molecule has 2 fully saturated rings. The number of aromatic nitrogens is 1. The van der Waals surface area contributed by atoms with Crippen LogP contribution in [-0.4, -0.2) is 97.4 Å². The number of carbonyl (C=O) groups is 4. The van der Waals surface area contributed by atoms with Gasteiger partial charge in [0, 0.05) is 68.2 Å². The number of nitrogens with zero attached hydrogens (tertiary/aromatic N) is 3. The normalized spacial score (nSPS) is 21.4. The van der Waals surface area contributed by atoms with E-state index in [4.69, 9.17) is 18.6 Å². The summed E-state index contributed by atoms with van der Waals surface area (Å²) >= 11 is 0. The maximum atomic E-state index is 14.9. The molecule has 13 nitrogen and oxygen atoms in total. The third-order valence-corrected chi connectivity index (χ3v) is 11.1. The van der Waals surface area contributed by atoms with Gasteiger partial charge in [-0.3, -0.25) is 19.2 Å². The summed E-state index contributed by atoms with van der Waals surface area (Å²) < 4.78 is 21.6. The molecule has 1 unspecified atom stereocenters. The summed E-state index contributed by atoms with van der Waals surface area (Å²) in [7, 11) is 4.75. The van der Waals surface area contributed by atoms with E-state index in [9.17, 15) is 19.2 Å². The number of fused-ring (bicyclic) bond motifs is 5. The van der Waals surface area contributed by atoms with Gasteiger partial charge in [-0.15, -0.1) is 0 Å². The lowest BCUT2D eigenvalue weighted by atomic mass is 9.65. The highest BCUT2D eigenvalue weighted by molar-refractivity contribution is 5.94.